The summed E-state index contributed by atoms with van der Waals surface area (Å²) in [7, 11) is 0. The maximum atomic E-state index is 10.6. The predicted molar refractivity (Wildman–Crippen MR) is 291 cm³/mol. The van der Waals surface area contributed by atoms with E-state index in [1.54, 1.807) is 0 Å². The van der Waals surface area contributed by atoms with Gasteiger partial charge in [-0.2, -0.15) is 5.26 Å². The van der Waals surface area contributed by atoms with Crippen LogP contribution in [0, 0.1) is 45.9 Å². The van der Waals surface area contributed by atoms with E-state index in [0.717, 1.165) is 50.1 Å². The van der Waals surface area contributed by atoms with Gasteiger partial charge in [0.25, 0.3) is 0 Å². The third kappa shape index (κ3) is 7.30. The van der Waals surface area contributed by atoms with Crippen LogP contribution in [0.25, 0.3) is 111 Å². The first kappa shape index (κ1) is 41.7. The smallest absolute Gasteiger partial charge is 0.0991 e. The zero-order valence-electron chi connectivity index (χ0n) is 39.5. The van der Waals surface area contributed by atoms with Crippen LogP contribution in [0.15, 0.2) is 206 Å². The highest BCUT2D eigenvalue weighted by molar-refractivity contribution is 6.14. The average molecular weight is 884 g/mol. The zero-order valence-corrected chi connectivity index (χ0v) is 39.5. The summed E-state index contributed by atoms with van der Waals surface area (Å²) in [6, 6.07) is 78.1. The number of hydrogen-bond acceptors (Lipinski definition) is 1. The first-order valence-electron chi connectivity index (χ1n) is 23.8. The largest absolute Gasteiger partial charge is 0.309 e. The van der Waals surface area contributed by atoms with E-state index in [2.05, 4.69) is 250 Å². The highest BCUT2D eigenvalue weighted by atomic mass is 15.0. The van der Waals surface area contributed by atoms with E-state index in [0.29, 0.717) is 5.56 Å². The summed E-state index contributed by atoms with van der Waals surface area (Å²) in [6.07, 6.45) is 0. The molecule has 3 heteroatoms. The molecule has 0 unspecified atom stereocenters. The van der Waals surface area contributed by atoms with Gasteiger partial charge in [-0.05, 0) is 157 Å². The molecule has 0 N–H and O–H groups in total. The van der Waals surface area contributed by atoms with Gasteiger partial charge in [-0.25, -0.2) is 0 Å². The average Bonchev–Trinajstić information content (AvgIpc) is 3.87. The van der Waals surface area contributed by atoms with Crippen LogP contribution in [-0.4, -0.2) is 9.13 Å². The Bertz CT molecular complexity index is 3890. The summed E-state index contributed by atoms with van der Waals surface area (Å²) in [5, 5.41) is 15.3. The fourth-order valence-corrected chi connectivity index (χ4v) is 10.7. The second-order valence-electron chi connectivity index (χ2n) is 18.9. The quantitative estimate of drug-likeness (QED) is 0.157. The number of rotatable bonds is 7. The number of fused-ring (bicyclic) bond motifs is 6. The molecule has 0 spiro atoms. The van der Waals surface area contributed by atoms with Crippen LogP contribution in [0.1, 0.15) is 33.4 Å². The standard InChI is InChI=1S/C66H49N3/c1-41-10-6-14-47(30-41)51-20-26-62-57(36-51)58-37-52(48-15-7-11-42(2)31-48)21-27-63(58)68(62)61-25-19-46(40-67)35-56(61)55-24-18-45(5)34-66(55)69-64-28-22-53(49-16-8-12-43(3)32-49)38-59(64)60-39-54(23-29-65(60)69)50-17-9-13-44(4)33-50/h6-39H,1-5H3. The number of aromatic nitrogens is 2. The predicted octanol–water partition coefficient (Wildman–Crippen LogP) is 17.6. The molecule has 0 saturated carbocycles. The van der Waals surface area contributed by atoms with Crippen LogP contribution < -0.4 is 0 Å². The molecule has 12 rings (SSSR count). The lowest BCUT2D eigenvalue weighted by Crippen LogP contribution is -2.02. The van der Waals surface area contributed by atoms with Crippen molar-refractivity contribution in [2.24, 2.45) is 0 Å². The van der Waals surface area contributed by atoms with E-state index in [-0.39, 0.29) is 0 Å². The highest BCUT2D eigenvalue weighted by Crippen LogP contribution is 2.44. The Morgan fingerprint density at radius 3 is 1.00 bits per heavy atom. The van der Waals surface area contributed by atoms with Gasteiger partial charge in [0.15, 0.2) is 0 Å². The van der Waals surface area contributed by atoms with Crippen molar-refractivity contribution < 1.29 is 0 Å². The van der Waals surface area contributed by atoms with Crippen LogP contribution >= 0.6 is 0 Å². The van der Waals surface area contributed by atoms with E-state index in [4.69, 9.17) is 0 Å². The summed E-state index contributed by atoms with van der Waals surface area (Å²) < 4.78 is 4.86. The van der Waals surface area contributed by atoms with Gasteiger partial charge in [0.1, 0.15) is 0 Å². The molecule has 69 heavy (non-hydrogen) atoms. The monoisotopic (exact) mass is 883 g/mol. The molecule has 12 aromatic rings. The Hall–Kier alpha value is -8.71. The number of aryl methyl sites for hydroxylation is 5. The van der Waals surface area contributed by atoms with Crippen molar-refractivity contribution in [2.45, 2.75) is 34.6 Å². The molecular weight excluding hydrogens is 835 g/mol. The van der Waals surface area contributed by atoms with Gasteiger partial charge in [0, 0.05) is 32.7 Å². The molecule has 0 aliphatic rings. The summed E-state index contributed by atoms with van der Waals surface area (Å²) in [4.78, 5) is 0. The van der Waals surface area contributed by atoms with Crippen molar-refractivity contribution in [1.82, 2.24) is 9.13 Å². The zero-order chi connectivity index (χ0) is 46.9. The Labute approximate surface area is 403 Å². The Morgan fingerprint density at radius 1 is 0.290 bits per heavy atom. The van der Waals surface area contributed by atoms with E-state index in [9.17, 15) is 5.26 Å². The molecule has 0 amide bonds. The van der Waals surface area contributed by atoms with Gasteiger partial charge >= 0.3 is 0 Å². The Kier molecular flexibility index (Phi) is 10.0. The van der Waals surface area contributed by atoms with Crippen LogP contribution in [0.2, 0.25) is 0 Å². The van der Waals surface area contributed by atoms with Gasteiger partial charge in [0.05, 0.1) is 45.1 Å². The fourth-order valence-electron chi connectivity index (χ4n) is 10.7. The molecule has 0 bridgehead atoms. The summed E-state index contributed by atoms with van der Waals surface area (Å²) in [5.74, 6) is 0. The van der Waals surface area contributed by atoms with Gasteiger partial charge < -0.3 is 9.13 Å². The van der Waals surface area contributed by atoms with E-state index < -0.39 is 0 Å². The fraction of sp³-hybridized carbons (Fsp3) is 0.0758. The first-order chi connectivity index (χ1) is 33.7. The SMILES string of the molecule is Cc1cccc(-c2ccc3c(c2)c2cc(-c4cccc(C)c4)ccc2n3-c2ccc(C#N)cc2-c2ccc(C)cc2-n2c3ccc(-c4cccc(C)c4)cc3c3cc(-c4cccc(C)c4)ccc32)c1. The minimum Gasteiger partial charge on any atom is -0.309 e. The molecular formula is C66H49N3. The van der Waals surface area contributed by atoms with Gasteiger partial charge in [-0.3, -0.25) is 0 Å². The third-order valence-corrected chi connectivity index (χ3v) is 14.0. The number of nitriles is 1. The van der Waals surface area contributed by atoms with Crippen LogP contribution in [0.4, 0.5) is 0 Å². The Morgan fingerprint density at radius 2 is 0.638 bits per heavy atom. The summed E-state index contributed by atoms with van der Waals surface area (Å²) in [5.41, 5.74) is 24.7. The van der Waals surface area contributed by atoms with Crippen molar-refractivity contribution in [3.63, 3.8) is 0 Å². The van der Waals surface area contributed by atoms with Gasteiger partial charge in [-0.15, -0.1) is 0 Å². The Balaban J connectivity index is 1.13. The molecule has 0 aliphatic heterocycles. The number of nitrogens with zero attached hydrogens (tertiary/aromatic N) is 3. The molecule has 328 valence electrons. The molecule has 0 aliphatic carbocycles. The maximum Gasteiger partial charge on any atom is 0.0991 e. The molecule has 0 radical (unpaired) electrons. The third-order valence-electron chi connectivity index (χ3n) is 14.0. The minimum atomic E-state index is 0.609. The lowest BCUT2D eigenvalue weighted by Gasteiger charge is -2.20. The summed E-state index contributed by atoms with van der Waals surface area (Å²) in [6.45, 7) is 10.8. The number of benzene rings is 10. The topological polar surface area (TPSA) is 33.6 Å². The van der Waals surface area contributed by atoms with Crippen molar-refractivity contribution in [2.75, 3.05) is 0 Å². The van der Waals surface area contributed by atoms with Gasteiger partial charge in [0.2, 0.25) is 0 Å². The minimum absolute atomic E-state index is 0.609. The van der Waals surface area contributed by atoms with Crippen molar-refractivity contribution in [3.8, 4) is 73.1 Å². The second kappa shape index (κ2) is 16.6. The van der Waals surface area contributed by atoms with Crippen LogP contribution in [0.5, 0.6) is 0 Å². The van der Waals surface area contributed by atoms with Crippen LogP contribution in [-0.2, 0) is 0 Å². The molecule has 0 atom stereocenters. The van der Waals surface area contributed by atoms with E-state index in [1.807, 2.05) is 6.07 Å². The molecule has 0 saturated heterocycles. The van der Waals surface area contributed by atoms with Gasteiger partial charge in [-0.1, -0.05) is 156 Å². The normalized spacial score (nSPS) is 11.5. The molecule has 3 nitrogen and oxygen atoms in total. The lowest BCUT2D eigenvalue weighted by atomic mass is 9.97. The number of hydrogen-bond donors (Lipinski definition) is 0. The van der Waals surface area contributed by atoms with Crippen LogP contribution in [0.3, 0.4) is 0 Å². The summed E-state index contributed by atoms with van der Waals surface area (Å²) >= 11 is 0. The second-order valence-corrected chi connectivity index (χ2v) is 18.9. The maximum absolute atomic E-state index is 10.6. The lowest BCUT2D eigenvalue weighted by molar-refractivity contribution is 1.15. The molecule has 0 fully saturated rings. The molecule has 2 heterocycles. The highest BCUT2D eigenvalue weighted by Gasteiger charge is 2.23. The molecule has 2 aromatic heterocycles. The van der Waals surface area contributed by atoms with E-state index >= 15 is 0 Å². The van der Waals surface area contributed by atoms with Crippen molar-refractivity contribution >= 4 is 43.6 Å². The van der Waals surface area contributed by atoms with E-state index in [1.165, 1.54) is 88.3 Å². The first-order valence-corrected chi connectivity index (χ1v) is 23.8. The van der Waals surface area contributed by atoms with Crippen molar-refractivity contribution in [1.29, 1.82) is 5.26 Å². The molecule has 10 aromatic carbocycles. The van der Waals surface area contributed by atoms with Crippen molar-refractivity contribution in [3.05, 3.63) is 240 Å².